The quantitative estimate of drug-likeness (QED) is 0.0172. The lowest BCUT2D eigenvalue weighted by atomic mass is 9.43. The third kappa shape index (κ3) is 19.1. The van der Waals surface area contributed by atoms with E-state index in [1.54, 1.807) is 13.8 Å². The summed E-state index contributed by atoms with van der Waals surface area (Å²) < 4.78 is 96.2. The number of quaternary nitrogens is 2. The smallest absolute Gasteiger partial charge is 0.129 e. The average molecular weight is 1370 g/mol. The summed E-state index contributed by atoms with van der Waals surface area (Å²) in [7, 11) is 3.24. The van der Waals surface area contributed by atoms with E-state index < -0.39 is 67.7 Å². The van der Waals surface area contributed by atoms with Crippen molar-refractivity contribution in [2.75, 3.05) is 93.3 Å². The first kappa shape index (κ1) is 78.7. The Kier molecular flexibility index (Phi) is 26.4. The number of nitrogens with zero attached hydrogens (tertiary/aromatic N) is 8. The first-order valence-electron chi connectivity index (χ1n) is 35.3. The normalized spacial score (nSPS) is 39.1. The van der Waals surface area contributed by atoms with E-state index in [9.17, 15) is 61.5 Å². The zero-order chi connectivity index (χ0) is 69.9. The molecule has 94 heavy (non-hydrogen) atoms. The molecule has 540 valence electrons. The molecule has 0 bridgehead atoms. The molecule has 0 aromatic rings. The summed E-state index contributed by atoms with van der Waals surface area (Å²) in [6, 6.07) is -0.168. The summed E-state index contributed by atoms with van der Waals surface area (Å²) in [5, 5.41) is 51.2. The predicted octanol–water partition coefficient (Wildman–Crippen LogP) is 8.59. The predicted molar refractivity (Wildman–Crippen MR) is 354 cm³/mol. The molecule has 0 aromatic carbocycles. The highest BCUT2D eigenvalue weighted by Gasteiger charge is 2.69. The van der Waals surface area contributed by atoms with Crippen molar-refractivity contribution in [2.24, 2.45) is 103 Å². The number of aliphatic hydroxyl groups excluding tert-OH is 4. The third-order valence-corrected chi connectivity index (χ3v) is 27.1. The van der Waals surface area contributed by atoms with E-state index in [1.165, 1.54) is 0 Å². The van der Waals surface area contributed by atoms with Crippen molar-refractivity contribution in [1.29, 1.82) is 0 Å². The zero-order valence-corrected chi connectivity index (χ0v) is 60.8. The number of likely N-dealkylation sites (N-methyl/N-ethyl adjacent to an activating group) is 2. The number of hydrogen-bond donors (Lipinski definition) is 4. The number of aliphatic hydroxyl groups is 4. The Balaban J connectivity index is 0.000000266. The Morgan fingerprint density at radius 3 is 1.20 bits per heavy atom. The molecule has 0 saturated heterocycles. The van der Waals surface area contributed by atoms with Crippen molar-refractivity contribution in [3.63, 3.8) is 0 Å². The summed E-state index contributed by atoms with van der Waals surface area (Å²) >= 11 is 0. The second-order valence-electron chi connectivity index (χ2n) is 34.1. The largest absolute Gasteiger partial charge is 0.748 e. The second-order valence-corrected chi connectivity index (χ2v) is 37.0. The third-order valence-electron chi connectivity index (χ3n) is 25.6. The lowest BCUT2D eigenvalue weighted by Crippen LogP contribution is -2.63. The number of ether oxygens (including phenoxy) is 4. The van der Waals surface area contributed by atoms with Gasteiger partial charge in [-0.2, -0.15) is 0 Å². The van der Waals surface area contributed by atoms with Crippen LogP contribution < -0.4 is 0 Å². The molecule has 8 aliphatic rings. The molecular formula is C68H120N8O16S2. The molecule has 26 heteroatoms. The van der Waals surface area contributed by atoms with Crippen LogP contribution >= 0.6 is 0 Å². The number of azide groups is 2. The molecule has 26 atom stereocenters. The van der Waals surface area contributed by atoms with Crippen LogP contribution in [0.25, 0.3) is 20.9 Å². The van der Waals surface area contributed by atoms with Gasteiger partial charge in [0.25, 0.3) is 0 Å². The number of carbonyl (C=O) groups excluding carboxylic acids is 2. The molecule has 0 aliphatic heterocycles. The number of Topliss-reactive ketones (excluding diaryl/α,β-unsaturated/α-hetero) is 2. The Bertz CT molecular complexity index is 2890. The van der Waals surface area contributed by atoms with Gasteiger partial charge in [-0.05, 0) is 209 Å². The minimum Gasteiger partial charge on any atom is -0.748 e. The lowest BCUT2D eigenvalue weighted by molar-refractivity contribution is -0.873. The van der Waals surface area contributed by atoms with Gasteiger partial charge in [0.1, 0.15) is 36.9 Å². The van der Waals surface area contributed by atoms with Gasteiger partial charge >= 0.3 is 0 Å². The molecular weight excluding hydrogens is 1250 g/mol. The molecule has 6 unspecified atom stereocenters. The first-order chi connectivity index (χ1) is 43.6. The molecule has 0 radical (unpaired) electrons. The van der Waals surface area contributed by atoms with Gasteiger partial charge in [0, 0.05) is 45.6 Å². The minimum atomic E-state index is -4.68. The number of ketones is 2. The summed E-state index contributed by atoms with van der Waals surface area (Å²) in [6.07, 6.45) is 9.66. The molecule has 4 N–H and O–H groups in total. The van der Waals surface area contributed by atoms with Gasteiger partial charge in [-0.25, -0.2) is 16.8 Å². The van der Waals surface area contributed by atoms with Crippen LogP contribution in [0.1, 0.15) is 171 Å². The SMILES string of the molecule is CC(=O)CCC(C)[C@H]1CC[C@H]2[C@@H]3[C@H](OCC(O)CS(=O)(=O)[O-])C[C@@H]4C[C@H](N=[N+]=[N-])CC[C@]4(C)[C@H]3C[C@H](OCC(O)CS(=O)(=O)[O-])[C@]12C.CC(=O)CCC(C)[C@H]1CC[C@H]2[C@@H]3[C@H](OCC(O)C[N+](C)(C)C)C[C@@H]4C[C@H](N=[N+]=[N-])CC[C@]4(C)[C@H]3C[C@H](OCC(O)C[N+](C)(C)C)[C@]12C. The molecule has 8 rings (SSSR count). The molecule has 0 aromatic heterocycles. The maximum atomic E-state index is 12.0. The van der Waals surface area contributed by atoms with E-state index in [0.29, 0.717) is 116 Å². The molecule has 8 aliphatic carbocycles. The van der Waals surface area contributed by atoms with Gasteiger partial charge in [0.15, 0.2) is 0 Å². The highest BCUT2D eigenvalue weighted by molar-refractivity contribution is 7.86. The van der Waals surface area contributed by atoms with E-state index in [4.69, 9.17) is 24.5 Å². The van der Waals surface area contributed by atoms with Crippen LogP contribution in [0.3, 0.4) is 0 Å². The van der Waals surface area contributed by atoms with Crippen molar-refractivity contribution in [3.05, 3.63) is 20.9 Å². The molecule has 24 nitrogen and oxygen atoms in total. The van der Waals surface area contributed by atoms with Crippen LogP contribution in [0.4, 0.5) is 0 Å². The van der Waals surface area contributed by atoms with Crippen LogP contribution in [0.2, 0.25) is 0 Å². The van der Waals surface area contributed by atoms with Gasteiger partial charge in [-0.3, -0.25) is 0 Å². The van der Waals surface area contributed by atoms with Gasteiger partial charge in [0.05, 0.1) is 137 Å². The molecule has 0 spiro atoms. The van der Waals surface area contributed by atoms with Crippen molar-refractivity contribution in [2.45, 2.75) is 232 Å². The van der Waals surface area contributed by atoms with E-state index in [1.807, 2.05) is 0 Å². The van der Waals surface area contributed by atoms with Crippen molar-refractivity contribution < 1.29 is 83.9 Å². The Hall–Kier alpha value is -2.62. The number of fused-ring (bicyclic) bond motifs is 10. The summed E-state index contributed by atoms with van der Waals surface area (Å²) in [5.41, 5.74) is 17.7. The van der Waals surface area contributed by atoms with Crippen LogP contribution in [-0.4, -0.2) is 221 Å². The molecule has 8 fully saturated rings. The fraction of sp³-hybridized carbons (Fsp3) is 0.971. The monoisotopic (exact) mass is 1370 g/mol. The second kappa shape index (κ2) is 31.5. The van der Waals surface area contributed by atoms with E-state index in [-0.39, 0.29) is 107 Å². The topological polar surface area (TPSA) is 364 Å². The number of hydrogen-bond acceptors (Lipinski definition) is 18. The van der Waals surface area contributed by atoms with Gasteiger partial charge in [-0.15, -0.1) is 0 Å². The zero-order valence-electron chi connectivity index (χ0n) is 59.2. The first-order valence-corrected chi connectivity index (χ1v) is 38.5. The fourth-order valence-corrected chi connectivity index (χ4v) is 22.6. The van der Waals surface area contributed by atoms with Crippen molar-refractivity contribution >= 4 is 31.8 Å². The van der Waals surface area contributed by atoms with E-state index in [0.717, 1.165) is 70.6 Å². The van der Waals surface area contributed by atoms with Crippen molar-refractivity contribution in [1.82, 2.24) is 0 Å². The van der Waals surface area contributed by atoms with Gasteiger partial charge in [0.2, 0.25) is 0 Å². The van der Waals surface area contributed by atoms with Gasteiger partial charge < -0.3 is 67.0 Å². The van der Waals surface area contributed by atoms with Crippen LogP contribution in [0, 0.1) is 92.7 Å². The highest BCUT2D eigenvalue weighted by atomic mass is 32.2. The van der Waals surface area contributed by atoms with Crippen LogP contribution in [0.15, 0.2) is 10.2 Å². The molecule has 0 amide bonds. The average Bonchev–Trinajstić information content (AvgIpc) is 1.33. The Labute approximate surface area is 562 Å². The summed E-state index contributed by atoms with van der Waals surface area (Å²) in [6.45, 7) is 18.3. The van der Waals surface area contributed by atoms with E-state index in [2.05, 4.69) is 104 Å². The Morgan fingerprint density at radius 2 is 0.872 bits per heavy atom. The molecule has 8 saturated carbocycles. The summed E-state index contributed by atoms with van der Waals surface area (Å²) in [4.78, 5) is 30.2. The van der Waals surface area contributed by atoms with Crippen molar-refractivity contribution in [3.8, 4) is 0 Å². The molecule has 0 heterocycles. The van der Waals surface area contributed by atoms with Crippen LogP contribution in [0.5, 0.6) is 0 Å². The fourth-order valence-electron chi connectivity index (χ4n) is 21.5. The summed E-state index contributed by atoms with van der Waals surface area (Å²) in [5.74, 6) is 1.11. The number of carbonyl (C=O) groups is 2. The van der Waals surface area contributed by atoms with Gasteiger partial charge in [-0.1, -0.05) is 51.8 Å². The standard InChI is InChI=1S/C37H69N5O5.C31H53N3O11S2/c1-24(11-12-25(2)43)30-13-14-31-35-32(19-34(37(30,31)4)47-23-29(45)21-42(8,9)10)36(3)16-15-27(39-40-38)17-26(36)18-33(35)46-22-28(44)20-41(5,6)7;1-18(5-6-19(2)35)24-7-8-25-29-26(13-28(31(24,25)4)45-15-23(37)17-47(41,42)43)30(3)10-9-21(33-34-32)11-20(30)12-27(29)44-14-22(36)16-46(38,39)40/h24,26-35,44-45H,11-23H2,1-10H3;18,20-29,36-37H,5-17H2,1-4H3,(H,38,39,40)(H,41,42,43)/q+2;/p-2/t24?,26-,27+,28?,29?,30+,31-,32-,33+,34-,35-,36-,37+;18?,20-,21+,22?,23?,24+,25-,26-,27+,28-,29-,30-,31+/m00/s1. The highest BCUT2D eigenvalue weighted by Crippen LogP contribution is 2.71. The Morgan fingerprint density at radius 1 is 0.532 bits per heavy atom. The minimum absolute atomic E-state index is 0.00185. The number of rotatable bonds is 30. The maximum absolute atomic E-state index is 12.0. The van der Waals surface area contributed by atoms with Crippen LogP contribution in [-0.2, 0) is 48.8 Å². The maximum Gasteiger partial charge on any atom is 0.129 e. The van der Waals surface area contributed by atoms with E-state index >= 15 is 0 Å². The lowest BCUT2D eigenvalue weighted by Gasteiger charge is -2.64.